The summed E-state index contributed by atoms with van der Waals surface area (Å²) < 4.78 is 0. The van der Waals surface area contributed by atoms with E-state index in [1.165, 1.54) is 0 Å². The molecule has 0 spiro atoms. The molecule has 102 valence electrons. The molecule has 0 aromatic heterocycles. The van der Waals surface area contributed by atoms with Gasteiger partial charge in [-0.15, -0.1) is 0 Å². The Morgan fingerprint density at radius 3 is 2.89 bits per heavy atom. The zero-order valence-electron chi connectivity index (χ0n) is 10.9. The quantitative estimate of drug-likeness (QED) is 0.855. The number of rotatable bonds is 4. The molecule has 1 fully saturated rings. The van der Waals surface area contributed by atoms with Crippen LogP contribution in [0.1, 0.15) is 23.7 Å². The minimum atomic E-state index is -0.222. The Labute approximate surface area is 117 Å². The third kappa shape index (κ3) is 3.14. The Morgan fingerprint density at radius 2 is 2.21 bits per heavy atom. The first kappa shape index (κ1) is 14.0. The van der Waals surface area contributed by atoms with Crippen molar-refractivity contribution in [1.29, 1.82) is 0 Å². The van der Waals surface area contributed by atoms with Crippen LogP contribution >= 0.6 is 11.6 Å². The van der Waals surface area contributed by atoms with E-state index in [1.54, 1.807) is 24.3 Å². The number of hydrogen-bond acceptors (Lipinski definition) is 3. The maximum atomic E-state index is 12.2. The highest BCUT2D eigenvalue weighted by molar-refractivity contribution is 6.34. The molecule has 0 radical (unpaired) electrons. The molecule has 4 nitrogen and oxygen atoms in total. The average Bonchev–Trinajstić information content (AvgIpc) is 2.39. The van der Waals surface area contributed by atoms with Crippen LogP contribution in [0.25, 0.3) is 0 Å². The number of nitrogens with one attached hydrogen (secondary N) is 1. The summed E-state index contributed by atoms with van der Waals surface area (Å²) in [6.45, 7) is 3.46. The van der Waals surface area contributed by atoms with E-state index in [2.05, 4.69) is 5.32 Å². The van der Waals surface area contributed by atoms with Gasteiger partial charge in [-0.05, 0) is 18.6 Å². The molecule has 2 rings (SSSR count). The van der Waals surface area contributed by atoms with Crippen LogP contribution in [0.4, 0.5) is 0 Å². The van der Waals surface area contributed by atoms with Gasteiger partial charge in [-0.2, -0.15) is 0 Å². The maximum Gasteiger partial charge on any atom is 0.237 e. The fourth-order valence-corrected chi connectivity index (χ4v) is 2.59. The molecule has 1 atom stereocenters. The van der Waals surface area contributed by atoms with Gasteiger partial charge in [-0.25, -0.2) is 0 Å². The van der Waals surface area contributed by atoms with Gasteiger partial charge in [0.1, 0.15) is 0 Å². The van der Waals surface area contributed by atoms with Crippen molar-refractivity contribution in [3.05, 3.63) is 34.9 Å². The number of piperazine rings is 1. The first-order valence-corrected chi connectivity index (χ1v) is 6.80. The van der Waals surface area contributed by atoms with Gasteiger partial charge < -0.3 is 5.32 Å². The van der Waals surface area contributed by atoms with Crippen LogP contribution in [-0.4, -0.2) is 42.3 Å². The number of amides is 1. The lowest BCUT2D eigenvalue weighted by Gasteiger charge is -2.33. The summed E-state index contributed by atoms with van der Waals surface area (Å²) in [5.41, 5.74) is 0.519. The van der Waals surface area contributed by atoms with Crippen molar-refractivity contribution < 1.29 is 9.59 Å². The van der Waals surface area contributed by atoms with Crippen molar-refractivity contribution in [3.8, 4) is 0 Å². The number of carbonyl (C=O) groups is 2. The fraction of sp³-hybridized carbons (Fsp3) is 0.429. The number of halogens is 1. The summed E-state index contributed by atoms with van der Waals surface area (Å²) in [6.07, 6.45) is 0.696. The second-order valence-electron chi connectivity index (χ2n) is 4.59. The second kappa shape index (κ2) is 6.17. The summed E-state index contributed by atoms with van der Waals surface area (Å²) in [4.78, 5) is 25.9. The van der Waals surface area contributed by atoms with E-state index in [9.17, 15) is 9.59 Å². The van der Waals surface area contributed by atoms with Crippen LogP contribution in [0.3, 0.4) is 0 Å². The van der Waals surface area contributed by atoms with E-state index in [0.717, 1.165) is 0 Å². The molecule has 1 aliphatic heterocycles. The summed E-state index contributed by atoms with van der Waals surface area (Å²) in [5, 5.41) is 3.28. The second-order valence-corrected chi connectivity index (χ2v) is 5.00. The topological polar surface area (TPSA) is 49.4 Å². The molecule has 1 aromatic rings. The number of carbonyl (C=O) groups excluding carboxylic acids is 2. The van der Waals surface area contributed by atoms with Gasteiger partial charge in [0.15, 0.2) is 5.78 Å². The van der Waals surface area contributed by atoms with E-state index >= 15 is 0 Å². The monoisotopic (exact) mass is 280 g/mol. The maximum absolute atomic E-state index is 12.2. The van der Waals surface area contributed by atoms with E-state index in [4.69, 9.17) is 11.6 Å². The number of ketones is 1. The normalized spacial score (nSPS) is 20.1. The molecule has 19 heavy (non-hydrogen) atoms. The van der Waals surface area contributed by atoms with Crippen LogP contribution in [0.15, 0.2) is 24.3 Å². The van der Waals surface area contributed by atoms with Crippen molar-refractivity contribution in [3.63, 3.8) is 0 Å². The van der Waals surface area contributed by atoms with Crippen LogP contribution < -0.4 is 5.32 Å². The molecule has 1 heterocycles. The molecule has 5 heteroatoms. The fourth-order valence-electron chi connectivity index (χ4n) is 2.35. The van der Waals surface area contributed by atoms with Crippen LogP contribution in [0.5, 0.6) is 0 Å². The number of Topliss-reactive ketones (excluding diaryl/α,β-unsaturated/α-hetero) is 1. The molecule has 1 saturated heterocycles. The van der Waals surface area contributed by atoms with Gasteiger partial charge in [-0.3, -0.25) is 14.5 Å². The Morgan fingerprint density at radius 1 is 1.47 bits per heavy atom. The molecule has 0 bridgehead atoms. The van der Waals surface area contributed by atoms with Crippen LogP contribution in [0.2, 0.25) is 5.02 Å². The SMILES string of the molecule is CCC1C(=O)NCCN1CC(=O)c1ccccc1Cl. The number of hydrogen-bond donors (Lipinski definition) is 1. The first-order chi connectivity index (χ1) is 9.13. The standard InChI is InChI=1S/C14H17ClN2O2/c1-2-12-14(19)16-7-8-17(12)9-13(18)10-5-3-4-6-11(10)15/h3-6,12H,2,7-9H2,1H3,(H,16,19). The first-order valence-electron chi connectivity index (χ1n) is 6.43. The molecule has 0 saturated carbocycles. The molecule has 1 aliphatic rings. The van der Waals surface area contributed by atoms with E-state index < -0.39 is 0 Å². The largest absolute Gasteiger partial charge is 0.353 e. The van der Waals surface area contributed by atoms with Crippen molar-refractivity contribution in [2.24, 2.45) is 0 Å². The highest BCUT2D eigenvalue weighted by atomic mass is 35.5. The molecular formula is C14H17ClN2O2. The van der Waals surface area contributed by atoms with E-state index in [0.29, 0.717) is 30.1 Å². The van der Waals surface area contributed by atoms with Crippen molar-refractivity contribution >= 4 is 23.3 Å². The minimum absolute atomic E-state index is 0.000656. The lowest BCUT2D eigenvalue weighted by atomic mass is 10.1. The zero-order chi connectivity index (χ0) is 13.8. The number of benzene rings is 1. The number of nitrogens with zero attached hydrogens (tertiary/aromatic N) is 1. The summed E-state index contributed by atoms with van der Waals surface area (Å²) >= 11 is 6.02. The van der Waals surface area contributed by atoms with E-state index in [1.807, 2.05) is 11.8 Å². The summed E-state index contributed by atoms with van der Waals surface area (Å²) in [7, 11) is 0. The van der Waals surface area contributed by atoms with Crippen molar-refractivity contribution in [2.75, 3.05) is 19.6 Å². The Balaban J connectivity index is 2.10. The van der Waals surface area contributed by atoms with Crippen molar-refractivity contribution in [2.45, 2.75) is 19.4 Å². The molecule has 1 amide bonds. The lowest BCUT2D eigenvalue weighted by Crippen LogP contribution is -2.56. The molecule has 1 N–H and O–H groups in total. The Kier molecular flexibility index (Phi) is 4.56. The average molecular weight is 281 g/mol. The highest BCUT2D eigenvalue weighted by Gasteiger charge is 2.29. The third-order valence-corrected chi connectivity index (χ3v) is 3.68. The summed E-state index contributed by atoms with van der Waals surface area (Å²) in [6, 6.07) is 6.78. The van der Waals surface area contributed by atoms with Gasteiger partial charge in [-0.1, -0.05) is 30.7 Å². The predicted molar refractivity (Wildman–Crippen MR) is 74.4 cm³/mol. The molecule has 1 aromatic carbocycles. The van der Waals surface area contributed by atoms with Gasteiger partial charge in [0.05, 0.1) is 17.6 Å². The Hall–Kier alpha value is -1.39. The van der Waals surface area contributed by atoms with Crippen LogP contribution in [0, 0.1) is 0 Å². The zero-order valence-corrected chi connectivity index (χ0v) is 11.6. The van der Waals surface area contributed by atoms with Gasteiger partial charge in [0.25, 0.3) is 0 Å². The van der Waals surface area contributed by atoms with Crippen molar-refractivity contribution in [1.82, 2.24) is 10.2 Å². The molecule has 0 aliphatic carbocycles. The van der Waals surface area contributed by atoms with E-state index in [-0.39, 0.29) is 24.3 Å². The van der Waals surface area contributed by atoms with Gasteiger partial charge in [0.2, 0.25) is 5.91 Å². The Bertz CT molecular complexity index is 490. The van der Waals surface area contributed by atoms with Gasteiger partial charge >= 0.3 is 0 Å². The van der Waals surface area contributed by atoms with Crippen LogP contribution in [-0.2, 0) is 4.79 Å². The highest BCUT2D eigenvalue weighted by Crippen LogP contribution is 2.17. The third-order valence-electron chi connectivity index (χ3n) is 3.35. The molecule has 1 unspecified atom stereocenters. The molecular weight excluding hydrogens is 264 g/mol. The van der Waals surface area contributed by atoms with Gasteiger partial charge in [0, 0.05) is 18.7 Å². The minimum Gasteiger partial charge on any atom is -0.353 e. The smallest absolute Gasteiger partial charge is 0.237 e. The predicted octanol–water partition coefficient (Wildman–Crippen LogP) is 1.73. The summed E-state index contributed by atoms with van der Waals surface area (Å²) in [5.74, 6) is -0.0422. The lowest BCUT2D eigenvalue weighted by molar-refractivity contribution is -0.128.